The topological polar surface area (TPSA) is 32.3 Å². The van der Waals surface area contributed by atoms with Gasteiger partial charge in [-0.25, -0.2) is 0 Å². The first kappa shape index (κ1) is 12.3. The molecule has 0 fully saturated rings. The zero-order valence-electron chi connectivity index (χ0n) is 9.20. The van der Waals surface area contributed by atoms with Crippen molar-refractivity contribution in [2.24, 2.45) is 11.8 Å². The minimum Gasteiger partial charge on any atom is -0.396 e. The van der Waals surface area contributed by atoms with E-state index in [1.54, 1.807) is 0 Å². The van der Waals surface area contributed by atoms with E-state index in [1.807, 2.05) is 24.3 Å². The Kier molecular flexibility index (Phi) is 4.92. The van der Waals surface area contributed by atoms with Gasteiger partial charge in [-0.05, 0) is 30.2 Å². The Morgan fingerprint density at radius 1 is 1.27 bits per heavy atom. The van der Waals surface area contributed by atoms with Crippen LogP contribution in [-0.2, 0) is 0 Å². The largest absolute Gasteiger partial charge is 0.396 e. The van der Waals surface area contributed by atoms with Gasteiger partial charge >= 0.3 is 0 Å². The summed E-state index contributed by atoms with van der Waals surface area (Å²) in [6, 6.07) is 7.59. The highest BCUT2D eigenvalue weighted by Crippen LogP contribution is 2.15. The van der Waals surface area contributed by atoms with Crippen molar-refractivity contribution >= 4 is 17.3 Å². The third-order valence-electron chi connectivity index (χ3n) is 2.59. The SMILES string of the molecule is CC(C)C(CO)CNc1ccc(Cl)cc1. The van der Waals surface area contributed by atoms with E-state index in [1.165, 1.54) is 0 Å². The molecular weight excluding hydrogens is 210 g/mol. The lowest BCUT2D eigenvalue weighted by Crippen LogP contribution is -2.22. The van der Waals surface area contributed by atoms with Gasteiger partial charge in [-0.2, -0.15) is 0 Å². The van der Waals surface area contributed by atoms with Gasteiger partial charge in [-0.3, -0.25) is 0 Å². The molecule has 2 nitrogen and oxygen atoms in total. The average molecular weight is 228 g/mol. The molecule has 0 aromatic heterocycles. The molecule has 1 unspecified atom stereocenters. The second-order valence-electron chi connectivity index (χ2n) is 4.07. The van der Waals surface area contributed by atoms with Crippen LogP contribution < -0.4 is 5.32 Å². The number of anilines is 1. The van der Waals surface area contributed by atoms with Crippen LogP contribution in [0.4, 0.5) is 5.69 Å². The molecule has 1 aromatic carbocycles. The maximum absolute atomic E-state index is 9.16. The molecule has 0 heterocycles. The lowest BCUT2D eigenvalue weighted by molar-refractivity contribution is 0.198. The van der Waals surface area contributed by atoms with Crippen molar-refractivity contribution in [3.8, 4) is 0 Å². The minimum absolute atomic E-state index is 0.220. The van der Waals surface area contributed by atoms with Crippen LogP contribution in [0.5, 0.6) is 0 Å². The molecule has 3 heteroatoms. The third-order valence-corrected chi connectivity index (χ3v) is 2.84. The van der Waals surface area contributed by atoms with Gasteiger partial charge < -0.3 is 10.4 Å². The van der Waals surface area contributed by atoms with Crippen LogP contribution in [-0.4, -0.2) is 18.3 Å². The Hall–Kier alpha value is -0.730. The number of hydrogen-bond donors (Lipinski definition) is 2. The van der Waals surface area contributed by atoms with Gasteiger partial charge in [0.25, 0.3) is 0 Å². The molecule has 15 heavy (non-hydrogen) atoms. The second kappa shape index (κ2) is 5.99. The average Bonchev–Trinajstić information content (AvgIpc) is 2.21. The Morgan fingerprint density at radius 2 is 1.87 bits per heavy atom. The smallest absolute Gasteiger partial charge is 0.0478 e. The minimum atomic E-state index is 0.220. The first-order chi connectivity index (χ1) is 7.13. The number of aliphatic hydroxyl groups excluding tert-OH is 1. The van der Waals surface area contributed by atoms with Gasteiger partial charge in [0.2, 0.25) is 0 Å². The summed E-state index contributed by atoms with van der Waals surface area (Å²) in [5, 5.41) is 13.2. The van der Waals surface area contributed by atoms with Crippen molar-refractivity contribution in [1.82, 2.24) is 0 Å². The molecule has 0 aliphatic carbocycles. The number of benzene rings is 1. The molecule has 0 saturated heterocycles. The zero-order valence-corrected chi connectivity index (χ0v) is 9.96. The molecule has 0 spiro atoms. The van der Waals surface area contributed by atoms with Crippen LogP contribution in [0.15, 0.2) is 24.3 Å². The number of halogens is 1. The zero-order chi connectivity index (χ0) is 11.3. The summed E-state index contributed by atoms with van der Waals surface area (Å²) >= 11 is 5.78. The highest BCUT2D eigenvalue weighted by molar-refractivity contribution is 6.30. The van der Waals surface area contributed by atoms with E-state index in [0.717, 1.165) is 17.3 Å². The second-order valence-corrected chi connectivity index (χ2v) is 4.51. The lowest BCUT2D eigenvalue weighted by Gasteiger charge is -2.19. The summed E-state index contributed by atoms with van der Waals surface area (Å²) < 4.78 is 0. The highest BCUT2D eigenvalue weighted by Gasteiger charge is 2.11. The lowest BCUT2D eigenvalue weighted by atomic mass is 9.97. The maximum atomic E-state index is 9.16. The van der Waals surface area contributed by atoms with Gasteiger partial charge in [-0.1, -0.05) is 25.4 Å². The molecule has 1 atom stereocenters. The molecule has 1 aromatic rings. The van der Waals surface area contributed by atoms with Crippen LogP contribution in [0.1, 0.15) is 13.8 Å². The predicted molar refractivity (Wildman–Crippen MR) is 65.4 cm³/mol. The van der Waals surface area contributed by atoms with Gasteiger partial charge in [0.1, 0.15) is 0 Å². The molecule has 0 radical (unpaired) electrons. The van der Waals surface area contributed by atoms with Crippen molar-refractivity contribution in [2.75, 3.05) is 18.5 Å². The van der Waals surface area contributed by atoms with E-state index in [-0.39, 0.29) is 6.61 Å². The fraction of sp³-hybridized carbons (Fsp3) is 0.500. The molecule has 0 amide bonds. The highest BCUT2D eigenvalue weighted by atomic mass is 35.5. The normalized spacial score (nSPS) is 12.9. The first-order valence-corrected chi connectivity index (χ1v) is 5.61. The number of nitrogens with one attached hydrogen (secondary N) is 1. The molecular formula is C12H18ClNO. The van der Waals surface area contributed by atoms with E-state index in [9.17, 15) is 0 Å². The van der Waals surface area contributed by atoms with Crippen LogP contribution in [0.25, 0.3) is 0 Å². The number of rotatable bonds is 5. The van der Waals surface area contributed by atoms with Gasteiger partial charge in [0.15, 0.2) is 0 Å². The van der Waals surface area contributed by atoms with Crippen molar-refractivity contribution in [1.29, 1.82) is 0 Å². The monoisotopic (exact) mass is 227 g/mol. The summed E-state index contributed by atoms with van der Waals surface area (Å²) in [6.45, 7) is 5.24. The van der Waals surface area contributed by atoms with Gasteiger partial charge in [0.05, 0.1) is 0 Å². The van der Waals surface area contributed by atoms with E-state index < -0.39 is 0 Å². The molecule has 0 bridgehead atoms. The fourth-order valence-corrected chi connectivity index (χ4v) is 1.45. The Labute approximate surface area is 96.3 Å². The Bertz CT molecular complexity index is 284. The van der Waals surface area contributed by atoms with Gasteiger partial charge in [0, 0.05) is 29.8 Å². The molecule has 0 aliphatic heterocycles. The van der Waals surface area contributed by atoms with Crippen molar-refractivity contribution in [3.05, 3.63) is 29.3 Å². The van der Waals surface area contributed by atoms with Crippen molar-refractivity contribution in [2.45, 2.75) is 13.8 Å². The Balaban J connectivity index is 2.45. The summed E-state index contributed by atoms with van der Waals surface area (Å²) in [6.07, 6.45) is 0. The molecule has 0 aliphatic rings. The van der Waals surface area contributed by atoms with Crippen LogP contribution >= 0.6 is 11.6 Å². The predicted octanol–water partition coefficient (Wildman–Crippen LogP) is 3.02. The summed E-state index contributed by atoms with van der Waals surface area (Å²) in [7, 11) is 0. The maximum Gasteiger partial charge on any atom is 0.0478 e. The van der Waals surface area contributed by atoms with E-state index >= 15 is 0 Å². The van der Waals surface area contributed by atoms with Gasteiger partial charge in [-0.15, -0.1) is 0 Å². The van der Waals surface area contributed by atoms with Crippen LogP contribution in [0, 0.1) is 11.8 Å². The van der Waals surface area contributed by atoms with Crippen LogP contribution in [0.3, 0.4) is 0 Å². The summed E-state index contributed by atoms with van der Waals surface area (Å²) in [4.78, 5) is 0. The van der Waals surface area contributed by atoms with E-state index in [2.05, 4.69) is 19.2 Å². The molecule has 84 valence electrons. The van der Waals surface area contributed by atoms with E-state index in [0.29, 0.717) is 11.8 Å². The van der Waals surface area contributed by atoms with Crippen molar-refractivity contribution in [3.63, 3.8) is 0 Å². The first-order valence-electron chi connectivity index (χ1n) is 5.23. The molecule has 2 N–H and O–H groups in total. The molecule has 0 saturated carbocycles. The fourth-order valence-electron chi connectivity index (χ4n) is 1.33. The third kappa shape index (κ3) is 4.10. The quantitative estimate of drug-likeness (QED) is 0.811. The number of aliphatic hydroxyl groups is 1. The molecule has 1 rings (SSSR count). The Morgan fingerprint density at radius 3 is 2.33 bits per heavy atom. The summed E-state index contributed by atoms with van der Waals surface area (Å²) in [5.41, 5.74) is 1.04. The van der Waals surface area contributed by atoms with E-state index in [4.69, 9.17) is 16.7 Å². The summed E-state index contributed by atoms with van der Waals surface area (Å²) in [5.74, 6) is 0.774. The van der Waals surface area contributed by atoms with Crippen molar-refractivity contribution < 1.29 is 5.11 Å². The standard InChI is InChI=1S/C12H18ClNO/c1-9(2)10(8-15)7-14-12-5-3-11(13)4-6-12/h3-6,9-10,14-15H,7-8H2,1-2H3. The van der Waals surface area contributed by atoms with Crippen LogP contribution in [0.2, 0.25) is 5.02 Å². The number of hydrogen-bond acceptors (Lipinski definition) is 2.